The summed E-state index contributed by atoms with van der Waals surface area (Å²) in [5.74, 6) is -0.138. The van der Waals surface area contributed by atoms with Gasteiger partial charge < -0.3 is 15.7 Å². The molecule has 1 heterocycles. The van der Waals surface area contributed by atoms with Crippen LogP contribution in [0, 0.1) is 0 Å². The number of likely N-dealkylation sites (tertiary alicyclic amines) is 1. The zero-order valence-electron chi connectivity index (χ0n) is 15.0. The summed E-state index contributed by atoms with van der Waals surface area (Å²) in [6.45, 7) is 3.17. The number of unbranched alkanes of at least 4 members (excludes halogenated alkanes) is 5. The topological polar surface area (TPSA) is 66.6 Å². The van der Waals surface area contributed by atoms with Gasteiger partial charge in [0, 0.05) is 13.1 Å². The van der Waals surface area contributed by atoms with E-state index < -0.39 is 5.54 Å². The van der Waals surface area contributed by atoms with Gasteiger partial charge in [-0.3, -0.25) is 4.79 Å². The highest BCUT2D eigenvalue weighted by molar-refractivity contribution is 5.88. The second kappa shape index (κ2) is 9.19. The van der Waals surface area contributed by atoms with Crippen LogP contribution in [0.5, 0.6) is 0 Å². The number of hydrogen-bond acceptors (Lipinski definition) is 3. The maximum Gasteiger partial charge on any atom is 0.245 e. The van der Waals surface area contributed by atoms with E-state index >= 15 is 0 Å². The molecule has 4 nitrogen and oxygen atoms in total. The second-order valence-corrected chi connectivity index (χ2v) is 7.13. The predicted molar refractivity (Wildman–Crippen MR) is 97.6 cm³/mol. The molecule has 4 heteroatoms. The standard InChI is InChI=1S/C20H32N2O2/c1-2-3-4-5-6-7-8-17-9-11-18(12-10-17)15-22-14-13-20(21,16-23)19(22)24/h9-12,23H,2-8,13-16,21H2,1H3. The number of aliphatic hydroxyl groups excluding tert-OH is 1. The fraction of sp³-hybridized carbons (Fsp3) is 0.650. The van der Waals surface area contributed by atoms with Gasteiger partial charge in [0.15, 0.2) is 0 Å². The summed E-state index contributed by atoms with van der Waals surface area (Å²) in [6, 6.07) is 8.55. The first-order valence-corrected chi connectivity index (χ1v) is 9.36. The lowest BCUT2D eigenvalue weighted by Crippen LogP contribution is -2.50. The van der Waals surface area contributed by atoms with Crippen molar-refractivity contribution in [2.24, 2.45) is 5.73 Å². The van der Waals surface area contributed by atoms with Gasteiger partial charge in [-0.2, -0.15) is 0 Å². The molecule has 0 aromatic heterocycles. The van der Waals surface area contributed by atoms with E-state index in [0.29, 0.717) is 19.5 Å². The van der Waals surface area contributed by atoms with Gasteiger partial charge in [-0.05, 0) is 30.4 Å². The number of benzene rings is 1. The first kappa shape index (κ1) is 18.9. The minimum atomic E-state index is -1.07. The highest BCUT2D eigenvalue weighted by atomic mass is 16.3. The molecular formula is C20H32N2O2. The molecule has 0 bridgehead atoms. The van der Waals surface area contributed by atoms with Crippen molar-refractivity contribution in [3.8, 4) is 0 Å². The minimum absolute atomic E-state index is 0.138. The van der Waals surface area contributed by atoms with Crippen LogP contribution < -0.4 is 5.73 Å². The third-order valence-corrected chi connectivity index (χ3v) is 5.04. The Morgan fingerprint density at radius 1 is 1.08 bits per heavy atom. The molecule has 1 saturated heterocycles. The van der Waals surface area contributed by atoms with Crippen molar-refractivity contribution >= 4 is 5.91 Å². The first-order valence-electron chi connectivity index (χ1n) is 9.36. The number of carbonyl (C=O) groups excluding carboxylic acids is 1. The average molecular weight is 332 g/mol. The Morgan fingerprint density at radius 3 is 2.33 bits per heavy atom. The van der Waals surface area contributed by atoms with Crippen LogP contribution in [0.25, 0.3) is 0 Å². The van der Waals surface area contributed by atoms with Crippen LogP contribution in [0.3, 0.4) is 0 Å². The molecule has 1 aliphatic heterocycles. The molecule has 24 heavy (non-hydrogen) atoms. The van der Waals surface area contributed by atoms with E-state index in [-0.39, 0.29) is 12.5 Å². The Kier molecular flexibility index (Phi) is 7.25. The normalized spacial score (nSPS) is 20.8. The summed E-state index contributed by atoms with van der Waals surface area (Å²) in [7, 11) is 0. The monoisotopic (exact) mass is 332 g/mol. The number of amides is 1. The molecule has 0 saturated carbocycles. The average Bonchev–Trinajstić information content (AvgIpc) is 2.88. The third kappa shape index (κ3) is 5.05. The fourth-order valence-electron chi connectivity index (χ4n) is 3.30. The molecule has 1 aromatic rings. The van der Waals surface area contributed by atoms with E-state index in [1.165, 1.54) is 44.1 Å². The molecule has 1 fully saturated rings. The number of aliphatic hydroxyl groups is 1. The largest absolute Gasteiger partial charge is 0.394 e. The van der Waals surface area contributed by atoms with Crippen molar-refractivity contribution in [2.75, 3.05) is 13.2 Å². The summed E-state index contributed by atoms with van der Waals surface area (Å²) < 4.78 is 0. The summed E-state index contributed by atoms with van der Waals surface area (Å²) >= 11 is 0. The van der Waals surface area contributed by atoms with Crippen molar-refractivity contribution in [2.45, 2.75) is 70.4 Å². The zero-order chi connectivity index (χ0) is 17.4. The van der Waals surface area contributed by atoms with Crippen molar-refractivity contribution in [3.63, 3.8) is 0 Å². The number of nitrogens with two attached hydrogens (primary N) is 1. The Morgan fingerprint density at radius 2 is 1.71 bits per heavy atom. The lowest BCUT2D eigenvalue weighted by Gasteiger charge is -2.21. The summed E-state index contributed by atoms with van der Waals surface area (Å²) in [5, 5.41) is 9.29. The summed E-state index contributed by atoms with van der Waals surface area (Å²) in [6.07, 6.45) is 9.56. The van der Waals surface area contributed by atoms with Crippen LogP contribution in [0.2, 0.25) is 0 Å². The Balaban J connectivity index is 1.75. The Labute approximate surface area is 146 Å². The van der Waals surface area contributed by atoms with Gasteiger partial charge in [-0.1, -0.05) is 63.3 Å². The van der Waals surface area contributed by atoms with Crippen molar-refractivity contribution in [1.29, 1.82) is 0 Å². The SMILES string of the molecule is CCCCCCCCc1ccc(CN2CCC(N)(CO)C2=O)cc1. The predicted octanol–water partition coefficient (Wildman–Crippen LogP) is 3.01. The van der Waals surface area contributed by atoms with Crippen LogP contribution in [-0.4, -0.2) is 34.6 Å². The van der Waals surface area contributed by atoms with Gasteiger partial charge in [0.25, 0.3) is 0 Å². The van der Waals surface area contributed by atoms with E-state index in [1.54, 1.807) is 4.90 Å². The molecular weight excluding hydrogens is 300 g/mol. The molecule has 1 aromatic carbocycles. The Bertz CT molecular complexity index is 515. The molecule has 2 rings (SSSR count). The molecule has 0 spiro atoms. The van der Waals surface area contributed by atoms with Gasteiger partial charge in [0.05, 0.1) is 6.61 Å². The summed E-state index contributed by atoms with van der Waals surface area (Å²) in [5.41, 5.74) is 7.34. The molecule has 1 unspecified atom stereocenters. The van der Waals surface area contributed by atoms with Gasteiger partial charge in [-0.25, -0.2) is 0 Å². The number of carbonyl (C=O) groups is 1. The highest BCUT2D eigenvalue weighted by Crippen LogP contribution is 2.22. The molecule has 1 aliphatic rings. The van der Waals surface area contributed by atoms with Crippen LogP contribution in [0.15, 0.2) is 24.3 Å². The second-order valence-electron chi connectivity index (χ2n) is 7.13. The maximum atomic E-state index is 12.2. The quantitative estimate of drug-likeness (QED) is 0.647. The van der Waals surface area contributed by atoms with E-state index in [9.17, 15) is 9.90 Å². The lowest BCUT2D eigenvalue weighted by atomic mass is 10.0. The molecule has 0 aliphatic carbocycles. The highest BCUT2D eigenvalue weighted by Gasteiger charge is 2.42. The van der Waals surface area contributed by atoms with Crippen molar-refractivity contribution < 1.29 is 9.90 Å². The maximum absolute atomic E-state index is 12.2. The van der Waals surface area contributed by atoms with Crippen LogP contribution >= 0.6 is 0 Å². The number of nitrogens with zero attached hydrogens (tertiary/aromatic N) is 1. The number of hydrogen-bond donors (Lipinski definition) is 2. The minimum Gasteiger partial charge on any atom is -0.394 e. The number of aryl methyl sites for hydroxylation is 1. The van der Waals surface area contributed by atoms with E-state index in [2.05, 4.69) is 31.2 Å². The molecule has 1 amide bonds. The first-order chi connectivity index (χ1) is 11.6. The van der Waals surface area contributed by atoms with Gasteiger partial charge in [0.1, 0.15) is 5.54 Å². The molecule has 3 N–H and O–H groups in total. The van der Waals surface area contributed by atoms with E-state index in [4.69, 9.17) is 5.73 Å². The molecule has 0 radical (unpaired) electrons. The summed E-state index contributed by atoms with van der Waals surface area (Å²) in [4.78, 5) is 14.0. The zero-order valence-corrected chi connectivity index (χ0v) is 15.0. The molecule has 134 valence electrons. The van der Waals surface area contributed by atoms with Crippen molar-refractivity contribution in [3.05, 3.63) is 35.4 Å². The van der Waals surface area contributed by atoms with Crippen LogP contribution in [0.1, 0.15) is 63.0 Å². The lowest BCUT2D eigenvalue weighted by molar-refractivity contribution is -0.133. The number of rotatable bonds is 10. The van der Waals surface area contributed by atoms with Crippen molar-refractivity contribution in [1.82, 2.24) is 4.90 Å². The van der Waals surface area contributed by atoms with Gasteiger partial charge in [0.2, 0.25) is 5.91 Å². The van der Waals surface area contributed by atoms with Crippen LogP contribution in [0.4, 0.5) is 0 Å². The van der Waals surface area contributed by atoms with E-state index in [1.807, 2.05) is 0 Å². The molecule has 1 atom stereocenters. The van der Waals surface area contributed by atoms with Gasteiger partial charge >= 0.3 is 0 Å². The van der Waals surface area contributed by atoms with E-state index in [0.717, 1.165) is 12.0 Å². The fourth-order valence-corrected chi connectivity index (χ4v) is 3.30. The smallest absolute Gasteiger partial charge is 0.245 e. The van der Waals surface area contributed by atoms with Gasteiger partial charge in [-0.15, -0.1) is 0 Å². The third-order valence-electron chi connectivity index (χ3n) is 5.04. The van der Waals surface area contributed by atoms with Crippen LogP contribution in [-0.2, 0) is 17.8 Å². The Hall–Kier alpha value is -1.39.